The van der Waals surface area contributed by atoms with E-state index >= 15 is 0 Å². The first-order valence-electron chi connectivity index (χ1n) is 14.2. The van der Waals surface area contributed by atoms with E-state index < -0.39 is 64.3 Å². The minimum absolute atomic E-state index is 0.173. The standard InChI is InChI=1S/C33H29F9O2/c1-2-3-4-5-20-8-12-23(13-9-20)32(39,40)44-25-18-26(34)30(27(35)19-25)33(41,42)43-24-14-10-21(11-15-24)6-7-22-16-28(36)31(38)29(37)17-22/h10-11,14-20,23H,2-5,8-9,12-13H2,1H3. The van der Waals surface area contributed by atoms with Crippen LogP contribution in [-0.4, -0.2) is 6.11 Å². The van der Waals surface area contributed by atoms with E-state index in [4.69, 9.17) is 0 Å². The molecule has 0 heterocycles. The molecular weight excluding hydrogens is 599 g/mol. The summed E-state index contributed by atoms with van der Waals surface area (Å²) in [6, 6.07) is 6.22. The highest BCUT2D eigenvalue weighted by molar-refractivity contribution is 5.45. The molecule has 0 amide bonds. The Bertz CT molecular complexity index is 1460. The highest BCUT2D eigenvalue weighted by atomic mass is 19.3. The molecule has 0 aliphatic heterocycles. The van der Waals surface area contributed by atoms with Gasteiger partial charge in [-0.2, -0.15) is 17.6 Å². The van der Waals surface area contributed by atoms with Gasteiger partial charge in [-0.1, -0.05) is 44.4 Å². The number of ether oxygens (including phenoxy) is 2. The lowest BCUT2D eigenvalue weighted by Crippen LogP contribution is -2.37. The summed E-state index contributed by atoms with van der Waals surface area (Å²) in [5.74, 6) is -5.66. The third-order valence-corrected chi connectivity index (χ3v) is 7.53. The highest BCUT2D eigenvalue weighted by Crippen LogP contribution is 2.43. The molecule has 1 aliphatic rings. The molecule has 0 aromatic heterocycles. The molecule has 0 radical (unpaired) electrons. The molecule has 0 saturated heterocycles. The van der Waals surface area contributed by atoms with E-state index in [1.54, 1.807) is 0 Å². The van der Waals surface area contributed by atoms with E-state index in [9.17, 15) is 39.5 Å². The maximum Gasteiger partial charge on any atom is 0.432 e. The van der Waals surface area contributed by atoms with Crippen molar-refractivity contribution >= 4 is 0 Å². The van der Waals surface area contributed by atoms with Crippen molar-refractivity contribution in [1.29, 1.82) is 0 Å². The minimum Gasteiger partial charge on any atom is -0.432 e. The van der Waals surface area contributed by atoms with Crippen molar-refractivity contribution in [3.05, 3.63) is 94.3 Å². The number of alkyl halides is 4. The molecule has 11 heteroatoms. The van der Waals surface area contributed by atoms with Gasteiger partial charge in [0.25, 0.3) is 0 Å². The van der Waals surface area contributed by atoms with E-state index in [1.807, 2.05) is 0 Å². The Labute approximate surface area is 249 Å². The summed E-state index contributed by atoms with van der Waals surface area (Å²) in [6.45, 7) is 2.08. The Hall–Kier alpha value is -3.81. The third kappa shape index (κ3) is 8.21. The second kappa shape index (κ2) is 13.9. The zero-order valence-corrected chi connectivity index (χ0v) is 23.6. The fourth-order valence-electron chi connectivity index (χ4n) is 5.17. The molecule has 2 nitrogen and oxygen atoms in total. The van der Waals surface area contributed by atoms with Crippen molar-refractivity contribution in [2.45, 2.75) is 70.5 Å². The van der Waals surface area contributed by atoms with Crippen LogP contribution in [0.15, 0.2) is 48.5 Å². The quantitative estimate of drug-likeness (QED) is 0.0963. The van der Waals surface area contributed by atoms with Gasteiger partial charge in [-0.3, -0.25) is 0 Å². The summed E-state index contributed by atoms with van der Waals surface area (Å²) in [7, 11) is 0. The number of hydrogen-bond acceptors (Lipinski definition) is 2. The van der Waals surface area contributed by atoms with Crippen LogP contribution >= 0.6 is 0 Å². The molecule has 0 N–H and O–H groups in total. The maximum absolute atomic E-state index is 14.9. The van der Waals surface area contributed by atoms with Crippen LogP contribution in [0.4, 0.5) is 39.5 Å². The predicted molar refractivity (Wildman–Crippen MR) is 145 cm³/mol. The molecule has 1 fully saturated rings. The van der Waals surface area contributed by atoms with Crippen LogP contribution in [0.5, 0.6) is 11.5 Å². The Morgan fingerprint density at radius 1 is 0.682 bits per heavy atom. The number of hydrogen-bond donors (Lipinski definition) is 0. The Balaban J connectivity index is 1.41. The maximum atomic E-state index is 14.9. The summed E-state index contributed by atoms with van der Waals surface area (Å²) in [5.41, 5.74) is -1.81. The van der Waals surface area contributed by atoms with Crippen LogP contribution in [0.2, 0.25) is 0 Å². The van der Waals surface area contributed by atoms with Crippen molar-refractivity contribution in [3.63, 3.8) is 0 Å². The van der Waals surface area contributed by atoms with Gasteiger partial charge < -0.3 is 9.47 Å². The van der Waals surface area contributed by atoms with Gasteiger partial charge in [-0.15, -0.1) is 0 Å². The number of benzene rings is 3. The fourth-order valence-corrected chi connectivity index (χ4v) is 5.17. The van der Waals surface area contributed by atoms with Crippen molar-refractivity contribution in [2.75, 3.05) is 0 Å². The van der Waals surface area contributed by atoms with Crippen molar-refractivity contribution < 1.29 is 49.0 Å². The molecule has 3 aromatic carbocycles. The zero-order valence-electron chi connectivity index (χ0n) is 23.6. The van der Waals surface area contributed by atoms with Crippen LogP contribution in [0.1, 0.15) is 75.0 Å². The summed E-state index contributed by atoms with van der Waals surface area (Å²) in [5, 5.41) is 0. The smallest absolute Gasteiger partial charge is 0.432 e. The monoisotopic (exact) mass is 628 g/mol. The molecule has 236 valence electrons. The van der Waals surface area contributed by atoms with Gasteiger partial charge in [0.15, 0.2) is 17.5 Å². The fraction of sp³-hybridized carbons (Fsp3) is 0.394. The van der Waals surface area contributed by atoms with Gasteiger partial charge in [0.1, 0.15) is 28.7 Å². The Kier molecular flexibility index (Phi) is 10.4. The molecule has 0 bridgehead atoms. The van der Waals surface area contributed by atoms with Gasteiger partial charge in [0, 0.05) is 23.3 Å². The topological polar surface area (TPSA) is 18.5 Å². The SMILES string of the molecule is CCCCCC1CCC(C(F)(F)Oc2cc(F)c(C(F)(F)Oc3ccc(C#Cc4cc(F)c(F)c(F)c4)cc3)c(F)c2)CC1. The Morgan fingerprint density at radius 2 is 1.25 bits per heavy atom. The van der Waals surface area contributed by atoms with Gasteiger partial charge >= 0.3 is 12.2 Å². The normalized spacial score (nSPS) is 17.1. The minimum atomic E-state index is -4.55. The van der Waals surface area contributed by atoms with Gasteiger partial charge in [-0.25, -0.2) is 22.0 Å². The van der Waals surface area contributed by atoms with Crippen LogP contribution in [-0.2, 0) is 6.11 Å². The van der Waals surface area contributed by atoms with E-state index in [-0.39, 0.29) is 36.1 Å². The average Bonchev–Trinajstić information content (AvgIpc) is 2.95. The first-order valence-corrected chi connectivity index (χ1v) is 14.2. The number of unbranched alkanes of at least 4 members (excludes halogenated alkanes) is 2. The third-order valence-electron chi connectivity index (χ3n) is 7.53. The van der Waals surface area contributed by atoms with Crippen molar-refractivity contribution in [3.8, 4) is 23.3 Å². The van der Waals surface area contributed by atoms with Crippen molar-refractivity contribution in [1.82, 2.24) is 0 Å². The van der Waals surface area contributed by atoms with Crippen LogP contribution in [0, 0.1) is 52.8 Å². The summed E-state index contributed by atoms with van der Waals surface area (Å²) < 4.78 is 138. The van der Waals surface area contributed by atoms with E-state index in [0.29, 0.717) is 30.9 Å². The van der Waals surface area contributed by atoms with Crippen molar-refractivity contribution in [2.24, 2.45) is 11.8 Å². The molecule has 0 atom stereocenters. The lowest BCUT2D eigenvalue weighted by molar-refractivity contribution is -0.223. The molecule has 44 heavy (non-hydrogen) atoms. The lowest BCUT2D eigenvalue weighted by atomic mass is 9.79. The van der Waals surface area contributed by atoms with E-state index in [1.165, 1.54) is 12.1 Å². The second-order valence-electron chi connectivity index (χ2n) is 10.8. The summed E-state index contributed by atoms with van der Waals surface area (Å²) in [4.78, 5) is 0. The average molecular weight is 629 g/mol. The van der Waals surface area contributed by atoms with E-state index in [0.717, 1.165) is 37.8 Å². The first kappa shape index (κ1) is 33.1. The zero-order chi connectivity index (χ0) is 32.1. The molecule has 4 rings (SSSR count). The molecule has 1 aliphatic carbocycles. The molecule has 1 saturated carbocycles. The van der Waals surface area contributed by atoms with Crippen LogP contribution in [0.3, 0.4) is 0 Å². The van der Waals surface area contributed by atoms with E-state index in [2.05, 4.69) is 28.2 Å². The molecule has 3 aromatic rings. The Morgan fingerprint density at radius 3 is 1.82 bits per heavy atom. The second-order valence-corrected chi connectivity index (χ2v) is 10.8. The lowest BCUT2D eigenvalue weighted by Gasteiger charge is -2.33. The molecule has 0 spiro atoms. The highest BCUT2D eigenvalue weighted by Gasteiger charge is 2.45. The summed E-state index contributed by atoms with van der Waals surface area (Å²) in [6.07, 6.45) is -2.67. The van der Waals surface area contributed by atoms with Gasteiger partial charge in [0.2, 0.25) is 0 Å². The summed E-state index contributed by atoms with van der Waals surface area (Å²) >= 11 is 0. The van der Waals surface area contributed by atoms with Crippen LogP contribution < -0.4 is 9.47 Å². The number of rotatable bonds is 10. The van der Waals surface area contributed by atoms with Crippen LogP contribution in [0.25, 0.3) is 0 Å². The van der Waals surface area contributed by atoms with Gasteiger partial charge in [0.05, 0.1) is 5.92 Å². The molecule has 0 unspecified atom stereocenters. The first-order chi connectivity index (χ1) is 20.8. The molecular formula is C33H29F9O2. The number of halogens is 9. The van der Waals surface area contributed by atoms with Gasteiger partial charge in [-0.05, 0) is 68.0 Å². The predicted octanol–water partition coefficient (Wildman–Crippen LogP) is 10.3. The largest absolute Gasteiger partial charge is 0.432 e.